The number of nitrogens with zero attached hydrogens (tertiary/aromatic N) is 1. The minimum Gasteiger partial charge on any atom is -0.361 e. The lowest BCUT2D eigenvalue weighted by Crippen LogP contribution is -2.37. The molecule has 2 heterocycles. The first kappa shape index (κ1) is 15.5. The van der Waals surface area contributed by atoms with Crippen LogP contribution in [0.5, 0.6) is 0 Å². The highest BCUT2D eigenvalue weighted by molar-refractivity contribution is 9.10. The molecule has 0 atom stereocenters. The summed E-state index contributed by atoms with van der Waals surface area (Å²) in [5.41, 5.74) is 3.34. The normalized spacial score (nSPS) is 15.8. The monoisotopic (exact) mass is 382 g/mol. The van der Waals surface area contributed by atoms with E-state index < -0.39 is 0 Å². The Labute approximate surface area is 149 Å². The molecule has 122 valence electrons. The van der Waals surface area contributed by atoms with Crippen LogP contribution in [0.25, 0.3) is 10.9 Å². The topological polar surface area (TPSA) is 36.1 Å². The van der Waals surface area contributed by atoms with Crippen LogP contribution in [0, 0.1) is 0 Å². The second kappa shape index (κ2) is 6.44. The number of carbonyl (C=O) groups is 1. The van der Waals surface area contributed by atoms with E-state index in [0.29, 0.717) is 5.92 Å². The van der Waals surface area contributed by atoms with E-state index in [4.69, 9.17) is 0 Å². The Balaban J connectivity index is 1.48. The smallest absolute Gasteiger partial charge is 0.253 e. The van der Waals surface area contributed by atoms with Crippen LogP contribution in [0.1, 0.15) is 34.7 Å². The number of para-hydroxylation sites is 1. The Kier molecular flexibility index (Phi) is 4.15. The van der Waals surface area contributed by atoms with Crippen LogP contribution in [0.3, 0.4) is 0 Å². The molecule has 0 spiro atoms. The number of piperidine rings is 1. The predicted molar refractivity (Wildman–Crippen MR) is 100 cm³/mol. The molecule has 3 aromatic rings. The van der Waals surface area contributed by atoms with Crippen molar-refractivity contribution in [3.05, 3.63) is 70.3 Å². The molecule has 24 heavy (non-hydrogen) atoms. The van der Waals surface area contributed by atoms with Gasteiger partial charge in [-0.1, -0.05) is 40.2 Å². The Morgan fingerprint density at radius 3 is 2.67 bits per heavy atom. The molecule has 1 aromatic heterocycles. The van der Waals surface area contributed by atoms with E-state index in [1.807, 2.05) is 29.2 Å². The van der Waals surface area contributed by atoms with Crippen molar-refractivity contribution >= 4 is 32.7 Å². The van der Waals surface area contributed by atoms with Gasteiger partial charge in [-0.25, -0.2) is 0 Å². The van der Waals surface area contributed by atoms with Gasteiger partial charge >= 0.3 is 0 Å². The average molecular weight is 383 g/mol. The summed E-state index contributed by atoms with van der Waals surface area (Å²) in [7, 11) is 0. The zero-order valence-electron chi connectivity index (χ0n) is 13.3. The Bertz CT molecular complexity index is 878. The van der Waals surface area contributed by atoms with Gasteiger partial charge in [-0.3, -0.25) is 4.79 Å². The van der Waals surface area contributed by atoms with Crippen LogP contribution in [0.15, 0.2) is 59.2 Å². The second-order valence-corrected chi connectivity index (χ2v) is 7.28. The van der Waals surface area contributed by atoms with Gasteiger partial charge in [-0.2, -0.15) is 0 Å². The number of carbonyl (C=O) groups excluding carboxylic acids is 1. The molecule has 1 N–H and O–H groups in total. The molecule has 0 saturated carbocycles. The first-order valence-corrected chi connectivity index (χ1v) is 9.12. The Morgan fingerprint density at radius 2 is 1.88 bits per heavy atom. The summed E-state index contributed by atoms with van der Waals surface area (Å²) in [5.74, 6) is 0.654. The van der Waals surface area contributed by atoms with Gasteiger partial charge in [-0.05, 0) is 48.6 Å². The molecule has 0 unspecified atom stereocenters. The SMILES string of the molecule is O=C(c1cccc(Br)c1)N1CCC(c2c[nH]c3ccccc23)CC1. The van der Waals surface area contributed by atoms with E-state index in [0.717, 1.165) is 36.0 Å². The third-order valence-corrected chi connectivity index (χ3v) is 5.41. The lowest BCUT2D eigenvalue weighted by molar-refractivity contribution is 0.0713. The number of aromatic nitrogens is 1. The summed E-state index contributed by atoms with van der Waals surface area (Å²) in [4.78, 5) is 18.0. The van der Waals surface area contributed by atoms with Crippen molar-refractivity contribution in [1.82, 2.24) is 9.88 Å². The van der Waals surface area contributed by atoms with Crippen molar-refractivity contribution in [2.45, 2.75) is 18.8 Å². The molecule has 4 heteroatoms. The number of rotatable bonds is 2. The number of halogens is 1. The van der Waals surface area contributed by atoms with Gasteiger partial charge in [-0.15, -0.1) is 0 Å². The van der Waals surface area contributed by atoms with Crippen LogP contribution in [0.2, 0.25) is 0 Å². The quantitative estimate of drug-likeness (QED) is 0.668. The molecular formula is C20H19BrN2O. The van der Waals surface area contributed by atoms with Gasteiger partial charge in [0.15, 0.2) is 0 Å². The predicted octanol–water partition coefficient (Wildman–Crippen LogP) is 4.95. The fourth-order valence-corrected chi connectivity index (χ4v) is 4.03. The van der Waals surface area contributed by atoms with Gasteiger partial charge in [0.05, 0.1) is 0 Å². The number of hydrogen-bond acceptors (Lipinski definition) is 1. The van der Waals surface area contributed by atoms with Gasteiger partial charge in [0.25, 0.3) is 5.91 Å². The van der Waals surface area contributed by atoms with Gasteiger partial charge in [0.1, 0.15) is 0 Å². The van der Waals surface area contributed by atoms with Crippen LogP contribution in [-0.2, 0) is 0 Å². The summed E-state index contributed by atoms with van der Waals surface area (Å²) < 4.78 is 0.946. The third-order valence-electron chi connectivity index (χ3n) is 4.91. The van der Waals surface area contributed by atoms with Crippen molar-refractivity contribution in [3.8, 4) is 0 Å². The highest BCUT2D eigenvalue weighted by Crippen LogP contribution is 2.33. The van der Waals surface area contributed by atoms with Crippen LogP contribution < -0.4 is 0 Å². The number of fused-ring (bicyclic) bond motifs is 1. The summed E-state index contributed by atoms with van der Waals surface area (Å²) >= 11 is 3.44. The maximum Gasteiger partial charge on any atom is 0.253 e. The lowest BCUT2D eigenvalue weighted by atomic mass is 9.89. The minimum atomic E-state index is 0.133. The Hall–Kier alpha value is -2.07. The van der Waals surface area contributed by atoms with Crippen LogP contribution >= 0.6 is 15.9 Å². The van der Waals surface area contributed by atoms with E-state index in [2.05, 4.69) is 51.4 Å². The van der Waals surface area contributed by atoms with E-state index >= 15 is 0 Å². The van der Waals surface area contributed by atoms with E-state index in [1.165, 1.54) is 16.5 Å². The fraction of sp³-hybridized carbons (Fsp3) is 0.250. The highest BCUT2D eigenvalue weighted by Gasteiger charge is 2.26. The van der Waals surface area contributed by atoms with E-state index in [-0.39, 0.29) is 5.91 Å². The molecule has 1 aliphatic rings. The van der Waals surface area contributed by atoms with Crippen LogP contribution in [-0.4, -0.2) is 28.9 Å². The van der Waals surface area contributed by atoms with Crippen molar-refractivity contribution in [2.75, 3.05) is 13.1 Å². The zero-order chi connectivity index (χ0) is 16.5. The van der Waals surface area contributed by atoms with Crippen molar-refractivity contribution in [2.24, 2.45) is 0 Å². The number of amides is 1. The second-order valence-electron chi connectivity index (χ2n) is 6.37. The summed E-state index contributed by atoms with van der Waals surface area (Å²) in [6, 6.07) is 16.1. The molecule has 1 aliphatic heterocycles. The number of nitrogens with one attached hydrogen (secondary N) is 1. The van der Waals surface area contributed by atoms with Crippen LogP contribution in [0.4, 0.5) is 0 Å². The molecule has 1 fully saturated rings. The molecule has 4 rings (SSSR count). The first-order chi connectivity index (χ1) is 11.7. The number of hydrogen-bond donors (Lipinski definition) is 1. The van der Waals surface area contributed by atoms with E-state index in [1.54, 1.807) is 0 Å². The molecular weight excluding hydrogens is 364 g/mol. The van der Waals surface area contributed by atoms with Gasteiger partial charge < -0.3 is 9.88 Å². The van der Waals surface area contributed by atoms with Gasteiger partial charge in [0.2, 0.25) is 0 Å². The maximum absolute atomic E-state index is 12.7. The minimum absolute atomic E-state index is 0.133. The summed E-state index contributed by atoms with van der Waals surface area (Å²) in [5, 5.41) is 1.31. The molecule has 1 saturated heterocycles. The summed E-state index contributed by atoms with van der Waals surface area (Å²) in [6.07, 6.45) is 4.17. The summed E-state index contributed by atoms with van der Waals surface area (Å²) in [6.45, 7) is 1.63. The first-order valence-electron chi connectivity index (χ1n) is 8.33. The van der Waals surface area contributed by atoms with Crippen molar-refractivity contribution in [1.29, 1.82) is 0 Å². The largest absolute Gasteiger partial charge is 0.361 e. The van der Waals surface area contributed by atoms with Gasteiger partial charge in [0, 0.05) is 40.2 Å². The molecule has 2 aromatic carbocycles. The fourth-order valence-electron chi connectivity index (χ4n) is 3.63. The molecule has 3 nitrogen and oxygen atoms in total. The third kappa shape index (κ3) is 2.86. The number of aromatic amines is 1. The molecule has 0 radical (unpaired) electrons. The standard InChI is InChI=1S/C20H19BrN2O/c21-16-5-3-4-15(12-16)20(24)23-10-8-14(9-11-23)18-13-22-19-7-2-1-6-17(18)19/h1-7,12-14,22H,8-11H2. The van der Waals surface area contributed by atoms with E-state index in [9.17, 15) is 4.79 Å². The Morgan fingerprint density at radius 1 is 1.08 bits per heavy atom. The number of H-pyrrole nitrogens is 1. The zero-order valence-corrected chi connectivity index (χ0v) is 14.9. The molecule has 0 aliphatic carbocycles. The average Bonchev–Trinajstić information content (AvgIpc) is 3.05. The van der Waals surface area contributed by atoms with Crippen molar-refractivity contribution < 1.29 is 4.79 Å². The molecule has 0 bridgehead atoms. The van der Waals surface area contributed by atoms with Crippen molar-refractivity contribution in [3.63, 3.8) is 0 Å². The number of benzene rings is 2. The molecule has 1 amide bonds. The number of likely N-dealkylation sites (tertiary alicyclic amines) is 1. The maximum atomic E-state index is 12.7. The highest BCUT2D eigenvalue weighted by atomic mass is 79.9. The lowest BCUT2D eigenvalue weighted by Gasteiger charge is -2.32.